The Hall–Kier alpha value is -1.29. The van der Waals surface area contributed by atoms with Crippen LogP contribution < -0.4 is 11.3 Å². The van der Waals surface area contributed by atoms with Crippen molar-refractivity contribution in [2.24, 2.45) is 11.8 Å². The molecule has 0 bridgehead atoms. The molecule has 4 heteroatoms. The van der Waals surface area contributed by atoms with Gasteiger partial charge < -0.3 is 15.2 Å². The molecule has 2 heterocycles. The number of likely N-dealkylation sites (tertiary alicyclic amines) is 1. The molecular weight excluding hydrogens is 226 g/mol. The highest BCUT2D eigenvalue weighted by atomic mass is 16.1. The molecule has 1 fully saturated rings. The molecular formula is C14H23N3O. The van der Waals surface area contributed by atoms with Gasteiger partial charge >= 0.3 is 0 Å². The second kappa shape index (κ2) is 5.57. The summed E-state index contributed by atoms with van der Waals surface area (Å²) in [6.07, 6.45) is 3.05. The highest BCUT2D eigenvalue weighted by Crippen LogP contribution is 2.20. The van der Waals surface area contributed by atoms with Crippen LogP contribution in [0.4, 0.5) is 5.69 Å². The molecule has 0 amide bonds. The Morgan fingerprint density at radius 3 is 2.56 bits per heavy atom. The summed E-state index contributed by atoms with van der Waals surface area (Å²) in [5, 5.41) is 0. The molecule has 1 aromatic rings. The monoisotopic (exact) mass is 249 g/mol. The van der Waals surface area contributed by atoms with E-state index < -0.39 is 0 Å². The Labute approximate surface area is 108 Å². The standard InChI is InChI=1S/C14H23N3O/c1-11-7-12(2)9-16(8-11)5-6-17-10-13(15)3-4-14(17)18/h3-4,10-12H,5-9,15H2,1-2H3. The molecule has 0 aliphatic carbocycles. The number of nitrogens with two attached hydrogens (primary N) is 1. The molecule has 18 heavy (non-hydrogen) atoms. The zero-order chi connectivity index (χ0) is 13.1. The number of aromatic nitrogens is 1. The van der Waals surface area contributed by atoms with Crippen molar-refractivity contribution in [2.45, 2.75) is 26.8 Å². The van der Waals surface area contributed by atoms with Gasteiger partial charge in [0.05, 0.1) is 0 Å². The summed E-state index contributed by atoms with van der Waals surface area (Å²) >= 11 is 0. The quantitative estimate of drug-likeness (QED) is 0.881. The number of rotatable bonds is 3. The molecule has 1 aliphatic rings. The normalized spacial score (nSPS) is 25.2. The van der Waals surface area contributed by atoms with Gasteiger partial charge in [-0.25, -0.2) is 0 Å². The lowest BCUT2D eigenvalue weighted by atomic mass is 9.92. The maximum atomic E-state index is 11.7. The van der Waals surface area contributed by atoms with Gasteiger partial charge in [-0.3, -0.25) is 4.79 Å². The van der Waals surface area contributed by atoms with E-state index in [-0.39, 0.29) is 5.56 Å². The topological polar surface area (TPSA) is 51.3 Å². The molecule has 100 valence electrons. The van der Waals surface area contributed by atoms with Crippen LogP contribution in [0.2, 0.25) is 0 Å². The minimum Gasteiger partial charge on any atom is -0.398 e. The Bertz CT molecular complexity index is 445. The summed E-state index contributed by atoms with van der Waals surface area (Å²) in [5.74, 6) is 1.51. The smallest absolute Gasteiger partial charge is 0.250 e. The van der Waals surface area contributed by atoms with Crippen LogP contribution in [0.5, 0.6) is 0 Å². The van der Waals surface area contributed by atoms with Gasteiger partial charge in [0.25, 0.3) is 5.56 Å². The Morgan fingerprint density at radius 1 is 1.22 bits per heavy atom. The first kappa shape index (κ1) is 13.1. The van der Waals surface area contributed by atoms with Gasteiger partial charge in [0.15, 0.2) is 0 Å². The van der Waals surface area contributed by atoms with E-state index in [4.69, 9.17) is 5.73 Å². The number of nitrogen functional groups attached to an aromatic ring is 1. The first-order valence-corrected chi connectivity index (χ1v) is 6.73. The second-order valence-corrected chi connectivity index (χ2v) is 5.70. The van der Waals surface area contributed by atoms with Crippen molar-refractivity contribution in [2.75, 3.05) is 25.4 Å². The molecule has 1 aliphatic heterocycles. The van der Waals surface area contributed by atoms with Crippen LogP contribution in [0.3, 0.4) is 0 Å². The van der Waals surface area contributed by atoms with Crippen molar-refractivity contribution >= 4 is 5.69 Å². The highest BCUT2D eigenvalue weighted by molar-refractivity contribution is 5.33. The van der Waals surface area contributed by atoms with Crippen LogP contribution in [-0.2, 0) is 6.54 Å². The molecule has 0 saturated carbocycles. The first-order valence-electron chi connectivity index (χ1n) is 6.73. The zero-order valence-electron chi connectivity index (χ0n) is 11.3. The van der Waals surface area contributed by atoms with Crippen molar-refractivity contribution in [3.8, 4) is 0 Å². The van der Waals surface area contributed by atoms with Crippen molar-refractivity contribution in [3.63, 3.8) is 0 Å². The molecule has 2 unspecified atom stereocenters. The predicted molar refractivity (Wildman–Crippen MR) is 74.5 cm³/mol. The highest BCUT2D eigenvalue weighted by Gasteiger charge is 2.21. The van der Waals surface area contributed by atoms with Gasteiger partial charge in [-0.2, -0.15) is 0 Å². The molecule has 1 saturated heterocycles. The minimum atomic E-state index is 0.0299. The van der Waals surface area contributed by atoms with E-state index in [0.717, 1.165) is 38.0 Å². The fourth-order valence-corrected chi connectivity index (χ4v) is 2.95. The molecule has 1 aromatic heterocycles. The van der Waals surface area contributed by atoms with E-state index in [2.05, 4.69) is 18.7 Å². The lowest BCUT2D eigenvalue weighted by Crippen LogP contribution is -2.41. The molecule has 0 radical (unpaired) electrons. The lowest BCUT2D eigenvalue weighted by Gasteiger charge is -2.35. The number of hydrogen-bond donors (Lipinski definition) is 1. The van der Waals surface area contributed by atoms with Gasteiger partial charge in [-0.15, -0.1) is 0 Å². The zero-order valence-corrected chi connectivity index (χ0v) is 11.3. The fraction of sp³-hybridized carbons (Fsp3) is 0.643. The van der Waals surface area contributed by atoms with E-state index in [1.165, 1.54) is 12.5 Å². The van der Waals surface area contributed by atoms with Gasteiger partial charge in [0.1, 0.15) is 0 Å². The van der Waals surface area contributed by atoms with Gasteiger partial charge in [-0.05, 0) is 24.3 Å². The molecule has 2 rings (SSSR count). The van der Waals surface area contributed by atoms with Gasteiger partial charge in [0.2, 0.25) is 0 Å². The predicted octanol–water partition coefficient (Wildman–Crippen LogP) is 1.41. The molecule has 2 N–H and O–H groups in total. The molecule has 2 atom stereocenters. The van der Waals surface area contributed by atoms with Crippen LogP contribution >= 0.6 is 0 Å². The molecule has 0 spiro atoms. The average Bonchev–Trinajstić information content (AvgIpc) is 2.29. The van der Waals surface area contributed by atoms with E-state index in [0.29, 0.717) is 5.69 Å². The van der Waals surface area contributed by atoms with Crippen molar-refractivity contribution in [3.05, 3.63) is 28.7 Å². The number of hydrogen-bond acceptors (Lipinski definition) is 3. The summed E-state index contributed by atoms with van der Waals surface area (Å²) in [5.41, 5.74) is 6.39. The Morgan fingerprint density at radius 2 is 1.89 bits per heavy atom. The summed E-state index contributed by atoms with van der Waals surface area (Å²) in [7, 11) is 0. The first-order chi connectivity index (χ1) is 8.54. The van der Waals surface area contributed by atoms with E-state index in [1.54, 1.807) is 16.8 Å². The number of piperidine rings is 1. The third-order valence-electron chi connectivity index (χ3n) is 3.61. The average molecular weight is 249 g/mol. The largest absolute Gasteiger partial charge is 0.398 e. The second-order valence-electron chi connectivity index (χ2n) is 5.70. The van der Waals surface area contributed by atoms with Crippen LogP contribution in [0.25, 0.3) is 0 Å². The van der Waals surface area contributed by atoms with Crippen molar-refractivity contribution in [1.29, 1.82) is 0 Å². The maximum absolute atomic E-state index is 11.7. The molecule has 0 aromatic carbocycles. The Kier molecular flexibility index (Phi) is 4.07. The SMILES string of the molecule is CC1CC(C)CN(CCn2cc(N)ccc2=O)C1. The van der Waals surface area contributed by atoms with Crippen molar-refractivity contribution < 1.29 is 0 Å². The molecule has 4 nitrogen and oxygen atoms in total. The fourth-order valence-electron chi connectivity index (χ4n) is 2.95. The van der Waals surface area contributed by atoms with E-state index >= 15 is 0 Å². The summed E-state index contributed by atoms with van der Waals surface area (Å²) in [4.78, 5) is 14.1. The summed E-state index contributed by atoms with van der Waals surface area (Å²) < 4.78 is 1.71. The number of nitrogens with zero attached hydrogens (tertiary/aromatic N) is 2. The maximum Gasteiger partial charge on any atom is 0.250 e. The number of anilines is 1. The van der Waals surface area contributed by atoms with Crippen LogP contribution in [-0.4, -0.2) is 29.1 Å². The third kappa shape index (κ3) is 3.35. The van der Waals surface area contributed by atoms with Crippen LogP contribution in [0, 0.1) is 11.8 Å². The van der Waals surface area contributed by atoms with Crippen molar-refractivity contribution in [1.82, 2.24) is 9.47 Å². The lowest BCUT2D eigenvalue weighted by molar-refractivity contribution is 0.136. The third-order valence-corrected chi connectivity index (χ3v) is 3.61. The minimum absolute atomic E-state index is 0.0299. The number of pyridine rings is 1. The summed E-state index contributed by atoms with van der Waals surface area (Å²) in [6, 6.07) is 3.20. The van der Waals surface area contributed by atoms with E-state index in [9.17, 15) is 4.79 Å². The van der Waals surface area contributed by atoms with Crippen LogP contribution in [0.15, 0.2) is 23.1 Å². The summed E-state index contributed by atoms with van der Waals surface area (Å²) in [6.45, 7) is 8.54. The van der Waals surface area contributed by atoms with Crippen LogP contribution in [0.1, 0.15) is 20.3 Å². The Balaban J connectivity index is 1.95. The van der Waals surface area contributed by atoms with Gasteiger partial charge in [0, 0.05) is 44.1 Å². The van der Waals surface area contributed by atoms with Gasteiger partial charge in [-0.1, -0.05) is 13.8 Å². The van der Waals surface area contributed by atoms with E-state index in [1.807, 2.05) is 0 Å².